The molecule has 0 atom stereocenters. The molecule has 3 nitrogen and oxygen atoms in total. The molecule has 0 amide bonds. The molecule has 3 rings (SSSR count). The lowest BCUT2D eigenvalue weighted by molar-refractivity contribution is 0.415. The summed E-state index contributed by atoms with van der Waals surface area (Å²) in [5, 5.41) is 4.78. The number of aromatic nitrogens is 1. The van der Waals surface area contributed by atoms with Crippen molar-refractivity contribution in [3.63, 3.8) is 0 Å². The molecule has 1 fully saturated rings. The van der Waals surface area contributed by atoms with Gasteiger partial charge in [0.1, 0.15) is 5.75 Å². The van der Waals surface area contributed by atoms with Crippen LogP contribution in [0.5, 0.6) is 5.75 Å². The van der Waals surface area contributed by atoms with Crippen molar-refractivity contribution in [3.8, 4) is 5.75 Å². The number of aryl methyl sites for hydroxylation is 2. The van der Waals surface area contributed by atoms with E-state index in [0.29, 0.717) is 5.92 Å². The number of nitrogens with one attached hydrogen (secondary N) is 1. The van der Waals surface area contributed by atoms with Crippen molar-refractivity contribution in [1.29, 1.82) is 0 Å². The lowest BCUT2D eigenvalue weighted by Crippen LogP contribution is -2.27. The summed E-state index contributed by atoms with van der Waals surface area (Å²) in [6, 6.07) is 6.38. The molecule has 0 spiro atoms. The van der Waals surface area contributed by atoms with E-state index < -0.39 is 0 Å². The van der Waals surface area contributed by atoms with Gasteiger partial charge in [-0.25, -0.2) is 0 Å². The van der Waals surface area contributed by atoms with E-state index in [1.54, 1.807) is 7.11 Å². The van der Waals surface area contributed by atoms with Crippen LogP contribution in [0.3, 0.4) is 0 Å². The molecule has 0 saturated carbocycles. The third-order valence-electron chi connectivity index (χ3n) is 4.44. The molecule has 1 aliphatic heterocycles. The second kappa shape index (κ2) is 4.89. The predicted octanol–water partition coefficient (Wildman–Crippen LogP) is 2.96. The lowest BCUT2D eigenvalue weighted by Gasteiger charge is -2.24. The van der Waals surface area contributed by atoms with Crippen LogP contribution in [0.15, 0.2) is 18.2 Å². The summed E-state index contributed by atoms with van der Waals surface area (Å²) >= 11 is 0. The molecule has 1 aromatic carbocycles. The smallest absolute Gasteiger partial charge is 0.119 e. The van der Waals surface area contributed by atoms with E-state index in [1.165, 1.54) is 35.0 Å². The fraction of sp³-hybridized carbons (Fsp3) is 0.500. The molecule has 0 bridgehead atoms. The number of piperidine rings is 1. The first-order chi connectivity index (χ1) is 9.22. The van der Waals surface area contributed by atoms with Gasteiger partial charge in [-0.3, -0.25) is 0 Å². The maximum absolute atomic E-state index is 5.35. The molecule has 0 unspecified atom stereocenters. The Hall–Kier alpha value is -1.48. The first-order valence-electron chi connectivity index (χ1n) is 7.06. The van der Waals surface area contributed by atoms with Crippen molar-refractivity contribution in [2.45, 2.75) is 25.7 Å². The van der Waals surface area contributed by atoms with Gasteiger partial charge in [-0.1, -0.05) is 0 Å². The minimum Gasteiger partial charge on any atom is -0.497 e. The van der Waals surface area contributed by atoms with Gasteiger partial charge in [0, 0.05) is 29.6 Å². The monoisotopic (exact) mass is 258 g/mol. The largest absolute Gasteiger partial charge is 0.497 e. The summed E-state index contributed by atoms with van der Waals surface area (Å²) in [5.74, 6) is 1.63. The van der Waals surface area contributed by atoms with Crippen LogP contribution < -0.4 is 10.1 Å². The molecule has 0 radical (unpaired) electrons. The van der Waals surface area contributed by atoms with Crippen LogP contribution in [0.2, 0.25) is 0 Å². The van der Waals surface area contributed by atoms with Crippen LogP contribution in [0.25, 0.3) is 10.9 Å². The van der Waals surface area contributed by atoms with Crippen LogP contribution >= 0.6 is 0 Å². The van der Waals surface area contributed by atoms with E-state index >= 15 is 0 Å². The molecule has 1 aliphatic rings. The van der Waals surface area contributed by atoms with Crippen LogP contribution in [0.1, 0.15) is 30.0 Å². The van der Waals surface area contributed by atoms with Crippen molar-refractivity contribution >= 4 is 10.9 Å². The van der Waals surface area contributed by atoms with Crippen molar-refractivity contribution < 1.29 is 4.74 Å². The zero-order valence-corrected chi connectivity index (χ0v) is 12.0. The second-order valence-corrected chi connectivity index (χ2v) is 5.48. The molecular formula is C16H22N2O. The number of fused-ring (bicyclic) bond motifs is 1. The van der Waals surface area contributed by atoms with Crippen LogP contribution in [0, 0.1) is 6.92 Å². The van der Waals surface area contributed by atoms with Gasteiger partial charge in [0.15, 0.2) is 0 Å². The van der Waals surface area contributed by atoms with Gasteiger partial charge >= 0.3 is 0 Å². The molecule has 0 aliphatic carbocycles. The van der Waals surface area contributed by atoms with Gasteiger partial charge in [-0.05, 0) is 56.6 Å². The highest BCUT2D eigenvalue weighted by Crippen LogP contribution is 2.35. The number of benzene rings is 1. The van der Waals surface area contributed by atoms with Gasteiger partial charge in [0.2, 0.25) is 0 Å². The Morgan fingerprint density at radius 3 is 2.68 bits per heavy atom. The van der Waals surface area contributed by atoms with E-state index in [4.69, 9.17) is 4.74 Å². The summed E-state index contributed by atoms with van der Waals surface area (Å²) in [6.07, 6.45) is 2.48. The summed E-state index contributed by atoms with van der Waals surface area (Å²) in [5.41, 5.74) is 4.24. The lowest BCUT2D eigenvalue weighted by atomic mass is 9.92. The van der Waals surface area contributed by atoms with Gasteiger partial charge in [0.05, 0.1) is 7.11 Å². The highest BCUT2D eigenvalue weighted by atomic mass is 16.5. The molecule has 1 N–H and O–H groups in total. The predicted molar refractivity (Wildman–Crippen MR) is 79.1 cm³/mol. The summed E-state index contributed by atoms with van der Waals surface area (Å²) in [7, 11) is 3.92. The highest BCUT2D eigenvalue weighted by molar-refractivity contribution is 5.86. The number of ether oxygens (including phenoxy) is 1. The molecule has 3 heteroatoms. The zero-order valence-electron chi connectivity index (χ0n) is 12.0. The van der Waals surface area contributed by atoms with Gasteiger partial charge in [-0.15, -0.1) is 0 Å². The van der Waals surface area contributed by atoms with Crippen LogP contribution in [-0.2, 0) is 7.05 Å². The minimum absolute atomic E-state index is 0.685. The summed E-state index contributed by atoms with van der Waals surface area (Å²) in [6.45, 7) is 4.52. The van der Waals surface area contributed by atoms with Crippen LogP contribution in [0.4, 0.5) is 0 Å². The van der Waals surface area contributed by atoms with Crippen molar-refractivity contribution in [2.75, 3.05) is 20.2 Å². The van der Waals surface area contributed by atoms with Crippen LogP contribution in [-0.4, -0.2) is 24.8 Å². The zero-order chi connectivity index (χ0) is 13.4. The summed E-state index contributed by atoms with van der Waals surface area (Å²) in [4.78, 5) is 0. The Kier molecular flexibility index (Phi) is 3.23. The Bertz CT molecular complexity index is 594. The van der Waals surface area contributed by atoms with Gasteiger partial charge in [0.25, 0.3) is 0 Å². The van der Waals surface area contributed by atoms with Crippen molar-refractivity contribution in [3.05, 3.63) is 29.5 Å². The molecule has 1 aromatic heterocycles. The maximum Gasteiger partial charge on any atom is 0.119 e. The van der Waals surface area contributed by atoms with E-state index in [0.717, 1.165) is 18.8 Å². The normalized spacial score (nSPS) is 17.0. The average molecular weight is 258 g/mol. The number of nitrogens with zero attached hydrogens (tertiary/aromatic N) is 1. The third-order valence-corrected chi connectivity index (χ3v) is 4.44. The van der Waals surface area contributed by atoms with Crippen molar-refractivity contribution in [2.24, 2.45) is 7.05 Å². The standard InChI is InChI=1S/C16H22N2O/c1-11-14-10-13(19-3)4-5-15(14)18(2)16(11)12-6-8-17-9-7-12/h4-5,10,12,17H,6-9H2,1-3H3. The number of methoxy groups -OCH3 is 1. The molecule has 102 valence electrons. The third kappa shape index (κ3) is 2.02. The number of rotatable bonds is 2. The van der Waals surface area contributed by atoms with E-state index in [1.807, 2.05) is 6.07 Å². The molecule has 1 saturated heterocycles. The Balaban J connectivity index is 2.13. The fourth-order valence-electron chi connectivity index (χ4n) is 3.43. The first kappa shape index (κ1) is 12.5. The van der Waals surface area contributed by atoms with E-state index in [2.05, 4.69) is 36.0 Å². The Morgan fingerprint density at radius 2 is 2.00 bits per heavy atom. The Labute approximate surface area is 114 Å². The SMILES string of the molecule is COc1ccc2c(c1)c(C)c(C1CCNCC1)n2C. The number of hydrogen-bond acceptors (Lipinski definition) is 2. The molecule has 2 heterocycles. The maximum atomic E-state index is 5.35. The molecular weight excluding hydrogens is 236 g/mol. The highest BCUT2D eigenvalue weighted by Gasteiger charge is 2.22. The fourth-order valence-corrected chi connectivity index (χ4v) is 3.43. The first-order valence-corrected chi connectivity index (χ1v) is 7.06. The molecule has 19 heavy (non-hydrogen) atoms. The average Bonchev–Trinajstić information content (AvgIpc) is 2.71. The second-order valence-electron chi connectivity index (χ2n) is 5.48. The Morgan fingerprint density at radius 1 is 1.26 bits per heavy atom. The quantitative estimate of drug-likeness (QED) is 0.896. The topological polar surface area (TPSA) is 26.2 Å². The summed E-state index contributed by atoms with van der Waals surface area (Å²) < 4.78 is 7.73. The minimum atomic E-state index is 0.685. The van der Waals surface area contributed by atoms with Gasteiger partial charge in [-0.2, -0.15) is 0 Å². The van der Waals surface area contributed by atoms with Crippen molar-refractivity contribution in [1.82, 2.24) is 9.88 Å². The number of hydrogen-bond donors (Lipinski definition) is 1. The molecule has 2 aromatic rings. The van der Waals surface area contributed by atoms with E-state index in [-0.39, 0.29) is 0 Å². The van der Waals surface area contributed by atoms with E-state index in [9.17, 15) is 0 Å². The van der Waals surface area contributed by atoms with Gasteiger partial charge < -0.3 is 14.6 Å².